The Morgan fingerprint density at radius 2 is 2.27 bits per heavy atom. The molecule has 0 aromatic carbocycles. The van der Waals surface area contributed by atoms with Crippen molar-refractivity contribution in [3.63, 3.8) is 0 Å². The van der Waals surface area contributed by atoms with Crippen molar-refractivity contribution in [2.45, 2.75) is 57.0 Å². The molecule has 2 unspecified atom stereocenters. The maximum atomic E-state index is 6.04. The molecule has 0 amide bonds. The highest BCUT2D eigenvalue weighted by molar-refractivity contribution is 5.19. The van der Waals surface area contributed by atoms with E-state index in [1.54, 1.807) is 0 Å². The van der Waals surface area contributed by atoms with Crippen LogP contribution >= 0.6 is 0 Å². The Balaban J connectivity index is 1.98. The number of hydrogen-bond donors (Lipinski definition) is 1. The highest BCUT2D eigenvalue weighted by Crippen LogP contribution is 2.42. The third-order valence-electron chi connectivity index (χ3n) is 3.77. The quantitative estimate of drug-likeness (QED) is 0.802. The first-order chi connectivity index (χ1) is 7.27. The summed E-state index contributed by atoms with van der Waals surface area (Å²) < 4.78 is 2.44. The fraction of sp³-hybridized carbons (Fsp3) is 0.750. The standard InChI is InChI=1S/C12H19N3/c1-8(13)10-3-2-6-15-11(10)7-14-12(15)9-4-5-9/h7-10H,2-6,13H2,1H3. The number of rotatable bonds is 2. The van der Waals surface area contributed by atoms with Crippen LogP contribution in [-0.4, -0.2) is 15.6 Å². The summed E-state index contributed by atoms with van der Waals surface area (Å²) in [6.07, 6.45) is 7.22. The molecule has 3 nitrogen and oxygen atoms in total. The number of aromatic nitrogens is 2. The van der Waals surface area contributed by atoms with Gasteiger partial charge < -0.3 is 10.3 Å². The first-order valence-corrected chi connectivity index (χ1v) is 6.08. The molecular weight excluding hydrogens is 186 g/mol. The zero-order valence-electron chi connectivity index (χ0n) is 9.32. The number of nitrogens with two attached hydrogens (primary N) is 1. The molecule has 2 heterocycles. The summed E-state index contributed by atoms with van der Waals surface area (Å²) in [4.78, 5) is 4.60. The second-order valence-corrected chi connectivity index (χ2v) is 5.08. The molecular formula is C12H19N3. The van der Waals surface area contributed by atoms with Gasteiger partial charge in [-0.05, 0) is 32.6 Å². The van der Waals surface area contributed by atoms with Gasteiger partial charge in [-0.25, -0.2) is 4.98 Å². The van der Waals surface area contributed by atoms with E-state index >= 15 is 0 Å². The smallest absolute Gasteiger partial charge is 0.111 e. The largest absolute Gasteiger partial charge is 0.331 e. The third kappa shape index (κ3) is 1.49. The van der Waals surface area contributed by atoms with Crippen LogP contribution < -0.4 is 5.73 Å². The molecule has 1 aromatic rings. The molecule has 1 aliphatic heterocycles. The summed E-state index contributed by atoms with van der Waals surface area (Å²) in [6, 6.07) is 0.257. The van der Waals surface area contributed by atoms with Crippen LogP contribution in [0.2, 0.25) is 0 Å². The van der Waals surface area contributed by atoms with Crippen molar-refractivity contribution >= 4 is 0 Å². The van der Waals surface area contributed by atoms with E-state index in [2.05, 4.69) is 22.7 Å². The van der Waals surface area contributed by atoms with Gasteiger partial charge in [0.2, 0.25) is 0 Å². The van der Waals surface area contributed by atoms with Gasteiger partial charge in [0.05, 0.1) is 0 Å². The Labute approximate surface area is 90.7 Å². The number of hydrogen-bond acceptors (Lipinski definition) is 2. The minimum Gasteiger partial charge on any atom is -0.331 e. The molecule has 1 fully saturated rings. The van der Waals surface area contributed by atoms with E-state index in [1.165, 1.54) is 37.2 Å². The van der Waals surface area contributed by atoms with Crippen molar-refractivity contribution in [2.75, 3.05) is 0 Å². The predicted octanol–water partition coefficient (Wildman–Crippen LogP) is 1.99. The highest BCUT2D eigenvalue weighted by Gasteiger charge is 2.32. The molecule has 1 aliphatic carbocycles. The van der Waals surface area contributed by atoms with Gasteiger partial charge in [-0.15, -0.1) is 0 Å². The van der Waals surface area contributed by atoms with E-state index in [-0.39, 0.29) is 6.04 Å². The molecule has 1 saturated carbocycles. The molecule has 0 saturated heterocycles. The molecule has 3 heteroatoms. The molecule has 0 radical (unpaired) electrons. The van der Waals surface area contributed by atoms with Crippen LogP contribution in [0.25, 0.3) is 0 Å². The summed E-state index contributed by atoms with van der Waals surface area (Å²) in [5.41, 5.74) is 7.43. The Morgan fingerprint density at radius 3 is 2.93 bits per heavy atom. The van der Waals surface area contributed by atoms with Gasteiger partial charge >= 0.3 is 0 Å². The third-order valence-corrected chi connectivity index (χ3v) is 3.77. The topological polar surface area (TPSA) is 43.8 Å². The Kier molecular flexibility index (Phi) is 2.09. The van der Waals surface area contributed by atoms with Crippen molar-refractivity contribution < 1.29 is 0 Å². The van der Waals surface area contributed by atoms with Gasteiger partial charge in [0.1, 0.15) is 5.82 Å². The minimum atomic E-state index is 0.257. The van der Waals surface area contributed by atoms with Gasteiger partial charge in [-0.3, -0.25) is 0 Å². The van der Waals surface area contributed by atoms with Crippen LogP contribution in [0.1, 0.15) is 56.0 Å². The van der Waals surface area contributed by atoms with Gasteiger partial charge in [0.25, 0.3) is 0 Å². The molecule has 82 valence electrons. The molecule has 0 bridgehead atoms. The summed E-state index contributed by atoms with van der Waals surface area (Å²) >= 11 is 0. The maximum Gasteiger partial charge on any atom is 0.111 e. The van der Waals surface area contributed by atoms with Crippen LogP contribution in [0.3, 0.4) is 0 Å². The zero-order chi connectivity index (χ0) is 10.4. The van der Waals surface area contributed by atoms with Crippen LogP contribution in [-0.2, 0) is 6.54 Å². The molecule has 1 aromatic heterocycles. The van der Waals surface area contributed by atoms with E-state index in [9.17, 15) is 0 Å². The first kappa shape index (κ1) is 9.40. The second-order valence-electron chi connectivity index (χ2n) is 5.08. The average Bonchev–Trinajstić information content (AvgIpc) is 2.97. The van der Waals surface area contributed by atoms with Crippen LogP contribution in [0.4, 0.5) is 0 Å². The molecule has 2 atom stereocenters. The summed E-state index contributed by atoms with van der Waals surface area (Å²) in [7, 11) is 0. The van der Waals surface area contributed by atoms with E-state index < -0.39 is 0 Å². The second kappa shape index (κ2) is 3.34. The van der Waals surface area contributed by atoms with Crippen molar-refractivity contribution in [3.8, 4) is 0 Å². The Bertz CT molecular complexity index is 363. The van der Waals surface area contributed by atoms with E-state index in [0.29, 0.717) is 5.92 Å². The molecule has 0 spiro atoms. The molecule has 15 heavy (non-hydrogen) atoms. The number of fused-ring (bicyclic) bond motifs is 1. The Hall–Kier alpha value is -0.830. The van der Waals surface area contributed by atoms with Gasteiger partial charge in [0.15, 0.2) is 0 Å². The lowest BCUT2D eigenvalue weighted by Crippen LogP contribution is -2.30. The van der Waals surface area contributed by atoms with Crippen LogP contribution in [0.5, 0.6) is 0 Å². The van der Waals surface area contributed by atoms with Crippen molar-refractivity contribution in [1.82, 2.24) is 9.55 Å². The lowest BCUT2D eigenvalue weighted by atomic mass is 9.90. The van der Waals surface area contributed by atoms with E-state index in [0.717, 1.165) is 12.5 Å². The number of nitrogens with zero attached hydrogens (tertiary/aromatic N) is 2. The van der Waals surface area contributed by atoms with Crippen LogP contribution in [0, 0.1) is 0 Å². The predicted molar refractivity (Wildman–Crippen MR) is 59.8 cm³/mol. The lowest BCUT2D eigenvalue weighted by molar-refractivity contribution is 0.407. The average molecular weight is 205 g/mol. The normalized spacial score (nSPS) is 27.5. The van der Waals surface area contributed by atoms with Crippen LogP contribution in [0.15, 0.2) is 6.20 Å². The highest BCUT2D eigenvalue weighted by atomic mass is 15.1. The zero-order valence-corrected chi connectivity index (χ0v) is 9.32. The summed E-state index contributed by atoms with van der Waals surface area (Å²) in [5.74, 6) is 2.61. The molecule has 2 N–H and O–H groups in total. The SMILES string of the molecule is CC(N)C1CCCn2c1cnc2C1CC1. The maximum absolute atomic E-state index is 6.04. The first-order valence-electron chi connectivity index (χ1n) is 6.08. The summed E-state index contributed by atoms with van der Waals surface area (Å²) in [6.45, 7) is 3.27. The minimum absolute atomic E-state index is 0.257. The molecule has 2 aliphatic rings. The fourth-order valence-corrected chi connectivity index (χ4v) is 2.76. The van der Waals surface area contributed by atoms with Crippen molar-refractivity contribution in [2.24, 2.45) is 5.73 Å². The molecule has 3 rings (SSSR count). The Morgan fingerprint density at radius 1 is 1.47 bits per heavy atom. The number of imidazole rings is 1. The van der Waals surface area contributed by atoms with Gasteiger partial charge in [0, 0.05) is 36.3 Å². The summed E-state index contributed by atoms with van der Waals surface area (Å²) in [5, 5.41) is 0. The fourth-order valence-electron chi connectivity index (χ4n) is 2.76. The lowest BCUT2D eigenvalue weighted by Gasteiger charge is -2.27. The van der Waals surface area contributed by atoms with E-state index in [4.69, 9.17) is 5.73 Å². The van der Waals surface area contributed by atoms with Gasteiger partial charge in [-0.1, -0.05) is 0 Å². The van der Waals surface area contributed by atoms with Crippen molar-refractivity contribution in [1.29, 1.82) is 0 Å². The van der Waals surface area contributed by atoms with Crippen molar-refractivity contribution in [3.05, 3.63) is 17.7 Å². The monoisotopic (exact) mass is 205 g/mol. The van der Waals surface area contributed by atoms with Gasteiger partial charge in [-0.2, -0.15) is 0 Å². The van der Waals surface area contributed by atoms with E-state index in [1.807, 2.05) is 0 Å².